The topological polar surface area (TPSA) is 41.1 Å². The van der Waals surface area contributed by atoms with Gasteiger partial charge in [0.1, 0.15) is 6.04 Å². The second-order valence-electron chi connectivity index (χ2n) is 3.02. The van der Waals surface area contributed by atoms with E-state index in [2.05, 4.69) is 24.5 Å². The zero-order valence-corrected chi connectivity index (χ0v) is 8.20. The number of carbonyl (C=O) groups is 1. The summed E-state index contributed by atoms with van der Waals surface area (Å²) < 4.78 is 0. The lowest BCUT2D eigenvalue weighted by molar-refractivity contribution is -0.121. The van der Waals surface area contributed by atoms with Crippen LogP contribution < -0.4 is 10.6 Å². The Morgan fingerprint density at radius 2 is 2.08 bits per heavy atom. The van der Waals surface area contributed by atoms with E-state index in [0.29, 0.717) is 11.0 Å². The van der Waals surface area contributed by atoms with Crippen molar-refractivity contribution in [2.24, 2.45) is 5.92 Å². The van der Waals surface area contributed by atoms with Gasteiger partial charge in [-0.1, -0.05) is 26.7 Å². The van der Waals surface area contributed by atoms with E-state index >= 15 is 0 Å². The Bertz CT molecular complexity index is 201. The maximum atomic E-state index is 11.3. The van der Waals surface area contributed by atoms with Crippen LogP contribution in [-0.4, -0.2) is 17.1 Å². The standard InChI is InChI=1S/C8H14N2OS/c1-3-5(4-2)6-7(11)10-8(12)9-6/h5-6H,3-4H2,1-2H3,(H2,9,10,11,12). The maximum Gasteiger partial charge on any atom is 0.248 e. The van der Waals surface area contributed by atoms with E-state index in [9.17, 15) is 4.79 Å². The Kier molecular flexibility index (Phi) is 3.03. The molecule has 1 saturated heterocycles. The summed E-state index contributed by atoms with van der Waals surface area (Å²) in [5, 5.41) is 6.04. The molecule has 0 aromatic carbocycles. The summed E-state index contributed by atoms with van der Waals surface area (Å²) in [6, 6.07) is -0.104. The molecule has 0 aromatic heterocycles. The first-order chi connectivity index (χ1) is 5.69. The first-order valence-electron chi connectivity index (χ1n) is 4.30. The molecule has 1 unspecified atom stereocenters. The third kappa shape index (κ3) is 1.75. The van der Waals surface area contributed by atoms with Crippen LogP contribution in [-0.2, 0) is 4.79 Å². The summed E-state index contributed by atoms with van der Waals surface area (Å²) in [4.78, 5) is 11.3. The second kappa shape index (κ2) is 3.85. The molecule has 3 nitrogen and oxygen atoms in total. The van der Waals surface area contributed by atoms with Crippen LogP contribution in [0.25, 0.3) is 0 Å². The predicted molar refractivity (Wildman–Crippen MR) is 51.7 cm³/mol. The van der Waals surface area contributed by atoms with Crippen molar-refractivity contribution in [3.8, 4) is 0 Å². The molecule has 1 aliphatic heterocycles. The Hall–Kier alpha value is -0.640. The lowest BCUT2D eigenvalue weighted by Gasteiger charge is -2.17. The van der Waals surface area contributed by atoms with Crippen molar-refractivity contribution in [2.45, 2.75) is 32.7 Å². The quantitative estimate of drug-likeness (QED) is 0.640. The van der Waals surface area contributed by atoms with Gasteiger partial charge in [-0.05, 0) is 18.1 Å². The van der Waals surface area contributed by atoms with Gasteiger partial charge >= 0.3 is 0 Å². The normalized spacial score (nSPS) is 22.8. The Balaban J connectivity index is 2.62. The minimum absolute atomic E-state index is 0.0219. The Morgan fingerprint density at radius 1 is 1.50 bits per heavy atom. The number of hydrogen-bond donors (Lipinski definition) is 2. The van der Waals surface area contributed by atoms with Crippen molar-refractivity contribution in [1.82, 2.24) is 10.6 Å². The zero-order chi connectivity index (χ0) is 9.14. The molecule has 1 heterocycles. The van der Waals surface area contributed by atoms with Crippen molar-refractivity contribution in [1.29, 1.82) is 0 Å². The smallest absolute Gasteiger partial charge is 0.248 e. The third-order valence-corrected chi connectivity index (χ3v) is 2.55. The minimum Gasteiger partial charge on any atom is -0.350 e. The maximum absolute atomic E-state index is 11.3. The summed E-state index contributed by atoms with van der Waals surface area (Å²) in [7, 11) is 0. The van der Waals surface area contributed by atoms with Gasteiger partial charge in [0, 0.05) is 0 Å². The molecule has 0 saturated carbocycles. The molecule has 0 aromatic rings. The summed E-state index contributed by atoms with van der Waals surface area (Å²) in [6.07, 6.45) is 2.01. The van der Waals surface area contributed by atoms with Crippen LogP contribution in [0, 0.1) is 5.92 Å². The van der Waals surface area contributed by atoms with E-state index in [-0.39, 0.29) is 11.9 Å². The third-order valence-electron chi connectivity index (χ3n) is 2.33. The van der Waals surface area contributed by atoms with Crippen molar-refractivity contribution < 1.29 is 4.79 Å². The van der Waals surface area contributed by atoms with E-state index in [1.165, 1.54) is 0 Å². The predicted octanol–water partition coefficient (Wildman–Crippen LogP) is 0.795. The number of hydrogen-bond acceptors (Lipinski definition) is 2. The van der Waals surface area contributed by atoms with Gasteiger partial charge in [0.05, 0.1) is 0 Å². The fraction of sp³-hybridized carbons (Fsp3) is 0.750. The van der Waals surface area contributed by atoms with Gasteiger partial charge in [0.25, 0.3) is 0 Å². The number of rotatable bonds is 3. The molecule has 1 amide bonds. The molecular formula is C8H14N2OS. The second-order valence-corrected chi connectivity index (χ2v) is 3.43. The highest BCUT2D eigenvalue weighted by Crippen LogP contribution is 2.15. The molecule has 1 rings (SSSR count). The molecule has 4 heteroatoms. The number of carbonyl (C=O) groups excluding carboxylic acids is 1. The van der Waals surface area contributed by atoms with Crippen LogP contribution in [0.5, 0.6) is 0 Å². The molecule has 12 heavy (non-hydrogen) atoms. The van der Waals surface area contributed by atoms with Crippen LogP contribution in [0.3, 0.4) is 0 Å². The van der Waals surface area contributed by atoms with E-state index in [0.717, 1.165) is 12.8 Å². The highest BCUT2D eigenvalue weighted by Gasteiger charge is 2.32. The number of amides is 1. The van der Waals surface area contributed by atoms with Crippen LogP contribution >= 0.6 is 12.2 Å². The summed E-state index contributed by atoms with van der Waals surface area (Å²) in [6.45, 7) is 4.18. The van der Waals surface area contributed by atoms with E-state index in [1.54, 1.807) is 0 Å². The minimum atomic E-state index is -0.104. The molecule has 2 N–H and O–H groups in total. The van der Waals surface area contributed by atoms with Crippen molar-refractivity contribution in [3.63, 3.8) is 0 Å². The lowest BCUT2D eigenvalue weighted by Crippen LogP contribution is -2.36. The van der Waals surface area contributed by atoms with Crippen molar-refractivity contribution in [2.75, 3.05) is 0 Å². The summed E-state index contributed by atoms with van der Waals surface area (Å²) in [5.41, 5.74) is 0. The molecular weight excluding hydrogens is 172 g/mol. The Morgan fingerprint density at radius 3 is 2.42 bits per heavy atom. The molecule has 0 aliphatic carbocycles. The molecule has 68 valence electrons. The Labute approximate surface area is 77.9 Å². The average molecular weight is 186 g/mol. The zero-order valence-electron chi connectivity index (χ0n) is 7.39. The van der Waals surface area contributed by atoms with Crippen LogP contribution in [0.1, 0.15) is 26.7 Å². The van der Waals surface area contributed by atoms with Crippen molar-refractivity contribution >= 4 is 23.2 Å². The van der Waals surface area contributed by atoms with Gasteiger partial charge in [-0.2, -0.15) is 0 Å². The van der Waals surface area contributed by atoms with Gasteiger partial charge in [-0.25, -0.2) is 0 Å². The highest BCUT2D eigenvalue weighted by atomic mass is 32.1. The van der Waals surface area contributed by atoms with E-state index < -0.39 is 0 Å². The van der Waals surface area contributed by atoms with Gasteiger partial charge in [-0.15, -0.1) is 0 Å². The average Bonchev–Trinajstić information content (AvgIpc) is 2.34. The van der Waals surface area contributed by atoms with Crippen LogP contribution in [0.2, 0.25) is 0 Å². The molecule has 0 radical (unpaired) electrons. The van der Waals surface area contributed by atoms with Gasteiger partial charge in [0.15, 0.2) is 5.11 Å². The van der Waals surface area contributed by atoms with Crippen LogP contribution in [0.15, 0.2) is 0 Å². The van der Waals surface area contributed by atoms with Gasteiger partial charge in [-0.3, -0.25) is 4.79 Å². The number of thiocarbonyl (C=S) groups is 1. The number of nitrogens with one attached hydrogen (secondary N) is 2. The molecule has 1 fully saturated rings. The van der Waals surface area contributed by atoms with Crippen LogP contribution in [0.4, 0.5) is 0 Å². The highest BCUT2D eigenvalue weighted by molar-refractivity contribution is 7.80. The van der Waals surface area contributed by atoms with Crippen molar-refractivity contribution in [3.05, 3.63) is 0 Å². The summed E-state index contributed by atoms with van der Waals surface area (Å²) in [5.74, 6) is 0.416. The molecule has 1 atom stereocenters. The lowest BCUT2D eigenvalue weighted by atomic mass is 9.94. The van der Waals surface area contributed by atoms with Gasteiger partial charge in [0.2, 0.25) is 5.91 Å². The van der Waals surface area contributed by atoms with E-state index in [4.69, 9.17) is 12.2 Å². The monoisotopic (exact) mass is 186 g/mol. The largest absolute Gasteiger partial charge is 0.350 e. The first kappa shape index (κ1) is 9.45. The molecule has 0 bridgehead atoms. The van der Waals surface area contributed by atoms with E-state index in [1.807, 2.05) is 0 Å². The molecule has 0 spiro atoms. The SMILES string of the molecule is CCC(CC)C1NC(=S)NC1=O. The first-order valence-corrected chi connectivity index (χ1v) is 4.71. The molecule has 1 aliphatic rings. The fourth-order valence-corrected chi connectivity index (χ4v) is 1.75. The fourth-order valence-electron chi connectivity index (χ4n) is 1.52. The van der Waals surface area contributed by atoms with Gasteiger partial charge < -0.3 is 10.6 Å². The summed E-state index contributed by atoms with van der Waals surface area (Å²) >= 11 is 4.85.